The van der Waals surface area contributed by atoms with Crippen LogP contribution in [0.4, 0.5) is 0 Å². The van der Waals surface area contributed by atoms with Crippen molar-refractivity contribution in [1.29, 1.82) is 0 Å². The smallest absolute Gasteiger partial charge is 0.494 e. The van der Waals surface area contributed by atoms with Crippen LogP contribution >= 0.6 is 0 Å². The maximum absolute atomic E-state index is 10.9. The number of aliphatic carboxylic acids is 1. The van der Waals surface area contributed by atoms with E-state index in [-0.39, 0.29) is 12.2 Å². The summed E-state index contributed by atoms with van der Waals surface area (Å²) in [6.07, 6.45) is 0.121. The van der Waals surface area contributed by atoms with Crippen LogP contribution in [0.2, 0.25) is 0 Å². The van der Waals surface area contributed by atoms with Crippen molar-refractivity contribution in [3.05, 3.63) is 23.8 Å². The first-order valence-electron chi connectivity index (χ1n) is 7.19. The van der Waals surface area contributed by atoms with Gasteiger partial charge in [0, 0.05) is 0 Å². The molecule has 1 saturated heterocycles. The van der Waals surface area contributed by atoms with Crippen molar-refractivity contribution < 1.29 is 24.3 Å². The molecule has 1 heterocycles. The van der Waals surface area contributed by atoms with E-state index in [1.165, 1.54) is 6.07 Å². The summed E-state index contributed by atoms with van der Waals surface area (Å²) in [7, 11) is -0.614. The zero-order valence-corrected chi connectivity index (χ0v) is 13.3. The molecule has 1 aliphatic rings. The highest BCUT2D eigenvalue weighted by Gasteiger charge is 2.51. The van der Waals surface area contributed by atoms with Crippen LogP contribution in [-0.2, 0) is 20.5 Å². The van der Waals surface area contributed by atoms with Gasteiger partial charge in [0.1, 0.15) is 11.8 Å². The van der Waals surface area contributed by atoms with E-state index in [1.807, 2.05) is 27.7 Å². The lowest BCUT2D eigenvalue weighted by molar-refractivity contribution is -0.138. The molecule has 120 valence electrons. The molecule has 1 aromatic carbocycles. The first kappa shape index (κ1) is 16.8. The Bertz CT molecular complexity index is 571. The lowest BCUT2D eigenvalue weighted by atomic mass is 9.78. The molecular weight excluding hydrogens is 285 g/mol. The Morgan fingerprint density at radius 3 is 2.27 bits per heavy atom. The number of carboxylic acid groups (broad SMARTS) is 1. The second kappa shape index (κ2) is 5.57. The van der Waals surface area contributed by atoms with E-state index in [0.717, 1.165) is 0 Å². The van der Waals surface area contributed by atoms with Gasteiger partial charge in [-0.2, -0.15) is 0 Å². The monoisotopic (exact) mass is 307 g/mol. The molecule has 0 aliphatic carbocycles. The van der Waals surface area contributed by atoms with Gasteiger partial charge in [0.05, 0.1) is 11.2 Å². The van der Waals surface area contributed by atoms with Gasteiger partial charge in [0.15, 0.2) is 0 Å². The molecular formula is C15H22BNO5. The van der Waals surface area contributed by atoms with E-state index in [2.05, 4.69) is 0 Å². The summed E-state index contributed by atoms with van der Waals surface area (Å²) >= 11 is 0. The molecule has 1 unspecified atom stereocenters. The van der Waals surface area contributed by atoms with E-state index in [0.29, 0.717) is 11.0 Å². The van der Waals surface area contributed by atoms with Crippen LogP contribution in [-0.4, -0.2) is 40.5 Å². The van der Waals surface area contributed by atoms with Gasteiger partial charge in [-0.3, -0.25) is 4.79 Å². The number of phenolic OH excluding ortho intramolecular Hbond substituents is 1. The maximum Gasteiger partial charge on any atom is 0.494 e. The third-order valence-corrected chi connectivity index (χ3v) is 4.30. The molecule has 1 aromatic rings. The van der Waals surface area contributed by atoms with Crippen LogP contribution < -0.4 is 11.2 Å². The number of aromatic hydroxyl groups is 1. The number of hydrogen-bond acceptors (Lipinski definition) is 5. The van der Waals surface area contributed by atoms with Crippen LogP contribution in [0.25, 0.3) is 0 Å². The first-order valence-corrected chi connectivity index (χ1v) is 7.19. The van der Waals surface area contributed by atoms with Gasteiger partial charge in [-0.25, -0.2) is 0 Å². The summed E-state index contributed by atoms with van der Waals surface area (Å²) in [5.41, 5.74) is 5.84. The lowest BCUT2D eigenvalue weighted by Gasteiger charge is -2.32. The third kappa shape index (κ3) is 3.26. The summed E-state index contributed by atoms with van der Waals surface area (Å²) < 4.78 is 11.9. The zero-order chi connectivity index (χ0) is 16.7. The average Bonchev–Trinajstić information content (AvgIpc) is 2.57. The Labute approximate surface area is 130 Å². The van der Waals surface area contributed by atoms with Gasteiger partial charge in [0.2, 0.25) is 0 Å². The van der Waals surface area contributed by atoms with Gasteiger partial charge < -0.3 is 25.3 Å². The van der Waals surface area contributed by atoms with Crippen LogP contribution in [0.15, 0.2) is 18.2 Å². The minimum Gasteiger partial charge on any atom is -0.508 e. The molecule has 2 rings (SSSR count). The number of carboxylic acids is 1. The predicted octanol–water partition coefficient (Wildman–Crippen LogP) is 0.646. The summed E-state index contributed by atoms with van der Waals surface area (Å²) in [4.78, 5) is 10.9. The molecule has 1 fully saturated rings. The second-order valence-electron chi connectivity index (χ2n) is 6.67. The largest absolute Gasteiger partial charge is 0.508 e. The van der Waals surface area contributed by atoms with Crippen molar-refractivity contribution in [3.8, 4) is 5.75 Å². The second-order valence-corrected chi connectivity index (χ2v) is 6.67. The number of carbonyl (C=O) groups is 1. The topological polar surface area (TPSA) is 102 Å². The molecule has 1 aliphatic heterocycles. The van der Waals surface area contributed by atoms with Gasteiger partial charge in [-0.1, -0.05) is 6.07 Å². The van der Waals surface area contributed by atoms with Gasteiger partial charge in [-0.05, 0) is 57.3 Å². The van der Waals surface area contributed by atoms with Crippen molar-refractivity contribution in [1.82, 2.24) is 0 Å². The van der Waals surface area contributed by atoms with E-state index in [9.17, 15) is 9.90 Å². The van der Waals surface area contributed by atoms with Crippen molar-refractivity contribution in [2.75, 3.05) is 0 Å². The highest BCUT2D eigenvalue weighted by molar-refractivity contribution is 6.62. The Kier molecular flexibility index (Phi) is 4.25. The minimum absolute atomic E-state index is 0.0276. The number of rotatable bonds is 4. The summed E-state index contributed by atoms with van der Waals surface area (Å²) in [5.74, 6) is -1.06. The van der Waals surface area contributed by atoms with Crippen molar-refractivity contribution in [2.45, 2.75) is 51.4 Å². The molecule has 0 saturated carbocycles. The molecule has 1 atom stereocenters. The molecule has 7 heteroatoms. The van der Waals surface area contributed by atoms with E-state index in [4.69, 9.17) is 20.1 Å². The number of nitrogens with two attached hydrogens (primary N) is 1. The standard InChI is InChI=1S/C15H22BNO5/c1-14(2)15(3,4)22-16(21-14)10-5-9(6-11(18)8-10)7-12(17)13(19)20/h5-6,8,12,18H,7,17H2,1-4H3,(H,19,20). The SMILES string of the molecule is CC1(C)OB(c2cc(O)cc(CC(N)C(=O)O)c2)OC1(C)C. The Hall–Kier alpha value is -1.57. The molecule has 0 radical (unpaired) electrons. The highest BCUT2D eigenvalue weighted by Crippen LogP contribution is 2.36. The molecule has 0 bridgehead atoms. The molecule has 0 amide bonds. The quantitative estimate of drug-likeness (QED) is 0.706. The van der Waals surface area contributed by atoms with Crippen LogP contribution in [0, 0.1) is 0 Å². The zero-order valence-electron chi connectivity index (χ0n) is 13.3. The van der Waals surface area contributed by atoms with Crippen molar-refractivity contribution >= 4 is 18.6 Å². The Balaban J connectivity index is 2.26. The molecule has 0 aromatic heterocycles. The van der Waals surface area contributed by atoms with E-state index >= 15 is 0 Å². The summed E-state index contributed by atoms with van der Waals surface area (Å²) in [6, 6.07) is 3.79. The first-order chi connectivity index (χ1) is 10.0. The molecule has 4 N–H and O–H groups in total. The van der Waals surface area contributed by atoms with Crippen molar-refractivity contribution in [2.24, 2.45) is 5.73 Å². The van der Waals surface area contributed by atoms with Gasteiger partial charge >= 0.3 is 13.1 Å². The maximum atomic E-state index is 10.9. The minimum atomic E-state index is -1.08. The van der Waals surface area contributed by atoms with Crippen LogP contribution in [0.1, 0.15) is 33.3 Å². The molecule has 0 spiro atoms. The Morgan fingerprint density at radius 2 is 1.77 bits per heavy atom. The fourth-order valence-electron chi connectivity index (χ4n) is 2.27. The normalized spacial score (nSPS) is 20.9. The van der Waals surface area contributed by atoms with Gasteiger partial charge in [0.25, 0.3) is 0 Å². The number of phenols is 1. The van der Waals surface area contributed by atoms with Crippen molar-refractivity contribution in [3.63, 3.8) is 0 Å². The third-order valence-electron chi connectivity index (χ3n) is 4.30. The van der Waals surface area contributed by atoms with Crippen LogP contribution in [0.5, 0.6) is 5.75 Å². The number of hydrogen-bond donors (Lipinski definition) is 3. The lowest BCUT2D eigenvalue weighted by Crippen LogP contribution is -2.41. The predicted molar refractivity (Wildman–Crippen MR) is 83.1 cm³/mol. The fourth-order valence-corrected chi connectivity index (χ4v) is 2.27. The summed E-state index contributed by atoms with van der Waals surface area (Å²) in [5, 5.41) is 18.8. The van der Waals surface area contributed by atoms with E-state index in [1.54, 1.807) is 12.1 Å². The molecule has 6 nitrogen and oxygen atoms in total. The molecule has 22 heavy (non-hydrogen) atoms. The average molecular weight is 307 g/mol. The Morgan fingerprint density at radius 1 is 1.23 bits per heavy atom. The van der Waals surface area contributed by atoms with E-state index < -0.39 is 30.3 Å². The summed E-state index contributed by atoms with van der Waals surface area (Å²) in [6.45, 7) is 7.77. The van der Waals surface area contributed by atoms with Crippen LogP contribution in [0.3, 0.4) is 0 Å². The van der Waals surface area contributed by atoms with Gasteiger partial charge in [-0.15, -0.1) is 0 Å². The highest BCUT2D eigenvalue weighted by atomic mass is 16.7. The number of benzene rings is 1. The fraction of sp³-hybridized carbons (Fsp3) is 0.533.